The first kappa shape index (κ1) is 13.9. The van der Waals surface area contributed by atoms with Gasteiger partial charge in [0.05, 0.1) is 10.4 Å². The normalized spacial score (nSPS) is 11.9. The van der Waals surface area contributed by atoms with Gasteiger partial charge in [-0.3, -0.25) is 4.79 Å². The molecule has 0 N–H and O–H groups in total. The van der Waals surface area contributed by atoms with Crippen molar-refractivity contribution in [1.29, 1.82) is 5.26 Å². The fraction of sp³-hybridized carbons (Fsp3) is 0.385. The molecular weight excluding hydrogens is 285 g/mol. The van der Waals surface area contributed by atoms with Gasteiger partial charge in [-0.2, -0.15) is 5.26 Å². The van der Waals surface area contributed by atoms with Crippen molar-refractivity contribution in [3.63, 3.8) is 0 Å². The minimum atomic E-state index is -0.535. The maximum Gasteiger partial charge on any atom is 0.146 e. The van der Waals surface area contributed by atoms with E-state index < -0.39 is 5.82 Å². The van der Waals surface area contributed by atoms with E-state index in [1.54, 1.807) is 12.1 Å². The van der Waals surface area contributed by atoms with Crippen LogP contribution in [0.15, 0.2) is 18.2 Å². The molecule has 1 aromatic rings. The molecule has 1 aromatic carbocycles. The van der Waals surface area contributed by atoms with Crippen LogP contribution in [0.5, 0.6) is 0 Å². The summed E-state index contributed by atoms with van der Waals surface area (Å²) in [6.45, 7) is 1.93. The average Bonchev–Trinajstić information content (AvgIpc) is 2.29. The summed E-state index contributed by atoms with van der Waals surface area (Å²) in [5.74, 6) is -0.451. The number of hydrogen-bond acceptors (Lipinski definition) is 2. The van der Waals surface area contributed by atoms with Crippen LogP contribution in [0, 0.1) is 17.1 Å². The number of nitrogens with zero attached hydrogens (tertiary/aromatic N) is 1. The van der Waals surface area contributed by atoms with Gasteiger partial charge in [0.15, 0.2) is 0 Å². The lowest BCUT2D eigenvalue weighted by Gasteiger charge is -2.09. The quantitative estimate of drug-likeness (QED) is 0.782. The molecule has 0 aliphatic rings. The van der Waals surface area contributed by atoms with Crippen LogP contribution in [-0.2, 0) is 11.2 Å². The molecule has 1 rings (SSSR count). The summed E-state index contributed by atoms with van der Waals surface area (Å²) < 4.78 is 13.3. The summed E-state index contributed by atoms with van der Waals surface area (Å²) in [5, 5.41) is 8.86. The number of hydrogen-bond donors (Lipinski definition) is 0. The largest absolute Gasteiger partial charge is 0.298 e. The number of nitriles is 1. The van der Waals surface area contributed by atoms with Crippen LogP contribution in [0.3, 0.4) is 0 Å². The minimum Gasteiger partial charge on any atom is -0.298 e. The second-order valence-corrected chi connectivity index (χ2v) is 4.88. The lowest BCUT2D eigenvalue weighted by Crippen LogP contribution is -2.17. The number of alkyl halides is 1. The zero-order chi connectivity index (χ0) is 12.8. The van der Waals surface area contributed by atoms with Gasteiger partial charge in [0.25, 0.3) is 0 Å². The van der Waals surface area contributed by atoms with Crippen LogP contribution >= 0.6 is 15.9 Å². The molecule has 0 spiro atoms. The molecule has 0 aromatic heterocycles. The second kappa shape index (κ2) is 6.51. The van der Waals surface area contributed by atoms with Gasteiger partial charge in [0.1, 0.15) is 17.7 Å². The summed E-state index contributed by atoms with van der Waals surface area (Å²) in [6.07, 6.45) is 1.63. The highest BCUT2D eigenvalue weighted by Crippen LogP contribution is 2.18. The van der Waals surface area contributed by atoms with Gasteiger partial charge >= 0.3 is 0 Å². The molecule has 4 heteroatoms. The molecule has 2 nitrogen and oxygen atoms in total. The average molecular weight is 298 g/mol. The molecule has 0 saturated carbocycles. The Morgan fingerprint density at radius 1 is 1.59 bits per heavy atom. The van der Waals surface area contributed by atoms with Gasteiger partial charge in [-0.05, 0) is 24.5 Å². The Kier molecular flexibility index (Phi) is 5.30. The number of halogens is 2. The maximum absolute atomic E-state index is 13.3. The van der Waals surface area contributed by atoms with Gasteiger partial charge in [-0.25, -0.2) is 4.39 Å². The number of Topliss-reactive ketones (excluding diaryl/α,β-unsaturated/α-hetero) is 1. The van der Waals surface area contributed by atoms with Crippen molar-refractivity contribution >= 4 is 21.7 Å². The van der Waals surface area contributed by atoms with E-state index in [2.05, 4.69) is 15.9 Å². The zero-order valence-electron chi connectivity index (χ0n) is 9.54. The van der Waals surface area contributed by atoms with Crippen LogP contribution < -0.4 is 0 Å². The van der Waals surface area contributed by atoms with E-state index in [1.807, 2.05) is 13.0 Å². The number of rotatable bonds is 5. The van der Waals surface area contributed by atoms with Crippen LogP contribution in [0.25, 0.3) is 0 Å². The third kappa shape index (κ3) is 3.64. The Morgan fingerprint density at radius 2 is 2.29 bits per heavy atom. The summed E-state index contributed by atoms with van der Waals surface area (Å²) in [6, 6.07) is 6.31. The highest BCUT2D eigenvalue weighted by Gasteiger charge is 2.17. The molecule has 1 atom stereocenters. The molecule has 0 heterocycles. The SMILES string of the molecule is CCCC(=O)C(Br)Cc1cccc(F)c1C#N. The van der Waals surface area contributed by atoms with Gasteiger partial charge in [-0.15, -0.1) is 0 Å². The van der Waals surface area contributed by atoms with E-state index >= 15 is 0 Å². The van der Waals surface area contributed by atoms with Gasteiger partial charge in [0.2, 0.25) is 0 Å². The molecule has 0 radical (unpaired) electrons. The van der Waals surface area contributed by atoms with Gasteiger partial charge in [0, 0.05) is 6.42 Å². The van der Waals surface area contributed by atoms with Gasteiger partial charge in [-0.1, -0.05) is 35.0 Å². The van der Waals surface area contributed by atoms with Crippen molar-refractivity contribution < 1.29 is 9.18 Å². The lowest BCUT2D eigenvalue weighted by molar-refractivity contribution is -0.118. The highest BCUT2D eigenvalue weighted by molar-refractivity contribution is 9.10. The first-order chi connectivity index (χ1) is 8.10. The molecule has 0 saturated heterocycles. The van der Waals surface area contributed by atoms with E-state index in [4.69, 9.17) is 5.26 Å². The van der Waals surface area contributed by atoms with Crippen molar-refractivity contribution in [1.82, 2.24) is 0 Å². The van der Waals surface area contributed by atoms with Crippen molar-refractivity contribution in [2.45, 2.75) is 31.0 Å². The van der Waals surface area contributed by atoms with Crippen molar-refractivity contribution in [2.24, 2.45) is 0 Å². The summed E-state index contributed by atoms with van der Waals surface area (Å²) >= 11 is 3.29. The third-order valence-electron chi connectivity index (χ3n) is 2.46. The van der Waals surface area contributed by atoms with Crippen molar-refractivity contribution in [2.75, 3.05) is 0 Å². The van der Waals surface area contributed by atoms with Crippen LogP contribution in [0.4, 0.5) is 4.39 Å². The summed E-state index contributed by atoms with van der Waals surface area (Å²) in [4.78, 5) is 11.3. The minimum absolute atomic E-state index is 0.0289. The first-order valence-corrected chi connectivity index (χ1v) is 6.36. The number of carbonyl (C=O) groups excluding carboxylic acids is 1. The molecule has 0 bridgehead atoms. The second-order valence-electron chi connectivity index (χ2n) is 3.77. The Hall–Kier alpha value is -1.21. The molecule has 0 fully saturated rings. The van der Waals surface area contributed by atoms with Gasteiger partial charge < -0.3 is 0 Å². The van der Waals surface area contributed by atoms with Crippen LogP contribution in [0.1, 0.15) is 30.9 Å². The van der Waals surface area contributed by atoms with Crippen LogP contribution in [0.2, 0.25) is 0 Å². The van der Waals surface area contributed by atoms with E-state index in [9.17, 15) is 9.18 Å². The Balaban J connectivity index is 2.86. The maximum atomic E-state index is 13.3. The summed E-state index contributed by atoms with van der Waals surface area (Å²) in [7, 11) is 0. The molecule has 1 unspecified atom stereocenters. The smallest absolute Gasteiger partial charge is 0.146 e. The predicted octanol–water partition coefficient (Wildman–Crippen LogP) is 3.37. The lowest BCUT2D eigenvalue weighted by atomic mass is 10.0. The molecule has 0 aliphatic carbocycles. The Bertz CT molecular complexity index is 453. The van der Waals surface area contributed by atoms with E-state index in [0.29, 0.717) is 18.4 Å². The van der Waals surface area contributed by atoms with E-state index in [-0.39, 0.29) is 16.2 Å². The number of carbonyl (C=O) groups is 1. The zero-order valence-corrected chi connectivity index (χ0v) is 11.1. The van der Waals surface area contributed by atoms with E-state index in [0.717, 1.165) is 6.42 Å². The first-order valence-electron chi connectivity index (χ1n) is 5.44. The Morgan fingerprint density at radius 3 is 2.88 bits per heavy atom. The predicted molar refractivity (Wildman–Crippen MR) is 67.4 cm³/mol. The summed E-state index contributed by atoms with van der Waals surface area (Å²) in [5.41, 5.74) is 0.597. The third-order valence-corrected chi connectivity index (χ3v) is 3.29. The monoisotopic (exact) mass is 297 g/mol. The Labute approximate surface area is 109 Å². The van der Waals surface area contributed by atoms with Crippen molar-refractivity contribution in [3.05, 3.63) is 35.1 Å². The topological polar surface area (TPSA) is 40.9 Å². The van der Waals surface area contributed by atoms with E-state index in [1.165, 1.54) is 6.07 Å². The van der Waals surface area contributed by atoms with Crippen molar-refractivity contribution in [3.8, 4) is 6.07 Å². The molecule has 0 aliphatic heterocycles. The fourth-order valence-electron chi connectivity index (χ4n) is 1.57. The highest BCUT2D eigenvalue weighted by atomic mass is 79.9. The molecule has 0 amide bonds. The molecule has 90 valence electrons. The number of benzene rings is 1. The molecular formula is C13H13BrFNO. The van der Waals surface area contributed by atoms with Crippen LogP contribution in [-0.4, -0.2) is 10.6 Å². The standard InChI is InChI=1S/C13H13BrFNO/c1-2-4-13(17)11(14)7-9-5-3-6-12(15)10(9)8-16/h3,5-6,11H,2,4,7H2,1H3. The fourth-order valence-corrected chi connectivity index (χ4v) is 2.15. The number of ketones is 1. The molecule has 17 heavy (non-hydrogen) atoms.